The number of aromatic nitrogens is 2. The van der Waals surface area contributed by atoms with Crippen LogP contribution in [-0.4, -0.2) is 29.1 Å². The number of anilines is 1. The second kappa shape index (κ2) is 6.33. The van der Waals surface area contributed by atoms with Gasteiger partial charge in [0.05, 0.1) is 7.11 Å². The molecule has 1 aromatic rings. The maximum absolute atomic E-state index is 11.7. The topological polar surface area (TPSA) is 64.1 Å². The van der Waals surface area contributed by atoms with Crippen molar-refractivity contribution in [2.24, 2.45) is 5.92 Å². The third-order valence-electron chi connectivity index (χ3n) is 2.48. The smallest absolute Gasteiger partial charge is 0.328 e. The van der Waals surface area contributed by atoms with Crippen molar-refractivity contribution in [2.45, 2.75) is 40.2 Å². The maximum Gasteiger partial charge on any atom is 0.328 e. The van der Waals surface area contributed by atoms with Crippen LogP contribution in [0.25, 0.3) is 0 Å². The number of nitrogens with one attached hydrogen (secondary N) is 1. The van der Waals surface area contributed by atoms with E-state index in [0.717, 1.165) is 11.4 Å². The number of hydrogen-bond acceptors (Lipinski definition) is 5. The van der Waals surface area contributed by atoms with Gasteiger partial charge in [0.15, 0.2) is 0 Å². The van der Waals surface area contributed by atoms with Crippen LogP contribution >= 0.6 is 0 Å². The first-order valence-electron chi connectivity index (χ1n) is 6.09. The first-order valence-corrected chi connectivity index (χ1v) is 6.09. The molecule has 1 unspecified atom stereocenters. The van der Waals surface area contributed by atoms with Crippen molar-refractivity contribution in [2.75, 3.05) is 12.4 Å². The molecule has 0 bridgehead atoms. The van der Waals surface area contributed by atoms with Gasteiger partial charge < -0.3 is 10.1 Å². The molecule has 1 rings (SSSR count). The van der Waals surface area contributed by atoms with Gasteiger partial charge >= 0.3 is 5.97 Å². The van der Waals surface area contributed by atoms with Crippen LogP contribution in [0.5, 0.6) is 0 Å². The fourth-order valence-corrected chi connectivity index (χ4v) is 1.77. The number of rotatable bonds is 5. The van der Waals surface area contributed by atoms with Crippen molar-refractivity contribution in [1.82, 2.24) is 9.97 Å². The zero-order valence-corrected chi connectivity index (χ0v) is 11.7. The first kappa shape index (κ1) is 14.4. The van der Waals surface area contributed by atoms with E-state index in [0.29, 0.717) is 18.3 Å². The van der Waals surface area contributed by atoms with E-state index in [1.54, 1.807) is 0 Å². The van der Waals surface area contributed by atoms with E-state index in [9.17, 15) is 4.79 Å². The summed E-state index contributed by atoms with van der Waals surface area (Å²) in [5, 5.41) is 3.05. The second-order valence-electron chi connectivity index (χ2n) is 4.82. The first-order chi connectivity index (χ1) is 8.42. The van der Waals surface area contributed by atoms with Crippen LogP contribution in [-0.2, 0) is 9.53 Å². The molecule has 1 N–H and O–H groups in total. The molecular formula is C13H21N3O2. The van der Waals surface area contributed by atoms with E-state index in [4.69, 9.17) is 4.74 Å². The third kappa shape index (κ3) is 4.31. The molecule has 0 aliphatic heterocycles. The molecule has 1 heterocycles. The van der Waals surface area contributed by atoms with Crippen molar-refractivity contribution in [3.8, 4) is 0 Å². The highest BCUT2D eigenvalue weighted by Gasteiger charge is 2.21. The molecule has 18 heavy (non-hydrogen) atoms. The van der Waals surface area contributed by atoms with Gasteiger partial charge in [-0.15, -0.1) is 0 Å². The van der Waals surface area contributed by atoms with Gasteiger partial charge in [-0.25, -0.2) is 14.8 Å². The van der Waals surface area contributed by atoms with E-state index < -0.39 is 6.04 Å². The molecule has 0 saturated carbocycles. The quantitative estimate of drug-likeness (QED) is 0.812. The predicted octanol–water partition coefficient (Wildman–Crippen LogP) is 2.09. The summed E-state index contributed by atoms with van der Waals surface area (Å²) >= 11 is 0. The Kier molecular flexibility index (Phi) is 5.07. The fourth-order valence-electron chi connectivity index (χ4n) is 1.77. The lowest BCUT2D eigenvalue weighted by Gasteiger charge is -2.18. The summed E-state index contributed by atoms with van der Waals surface area (Å²) < 4.78 is 4.79. The molecule has 1 aromatic heterocycles. The highest BCUT2D eigenvalue weighted by molar-refractivity contribution is 5.78. The normalized spacial score (nSPS) is 12.3. The number of ether oxygens (including phenoxy) is 1. The van der Waals surface area contributed by atoms with Gasteiger partial charge in [0, 0.05) is 11.4 Å². The van der Waals surface area contributed by atoms with E-state index in [-0.39, 0.29) is 5.97 Å². The molecule has 5 heteroatoms. The minimum absolute atomic E-state index is 0.286. The lowest BCUT2D eigenvalue weighted by molar-refractivity contribution is -0.141. The summed E-state index contributed by atoms with van der Waals surface area (Å²) in [6, 6.07) is 1.48. The summed E-state index contributed by atoms with van der Waals surface area (Å²) in [6.45, 7) is 7.91. The number of esters is 1. The lowest BCUT2D eigenvalue weighted by Crippen LogP contribution is -2.33. The van der Waals surface area contributed by atoms with Crippen molar-refractivity contribution in [3.05, 3.63) is 17.5 Å². The second-order valence-corrected chi connectivity index (χ2v) is 4.82. The summed E-state index contributed by atoms with van der Waals surface area (Å²) in [6.07, 6.45) is 0.684. The van der Waals surface area contributed by atoms with Crippen LogP contribution in [0, 0.1) is 19.8 Å². The Labute approximate surface area is 108 Å². The van der Waals surface area contributed by atoms with Crippen molar-refractivity contribution >= 4 is 11.9 Å². The lowest BCUT2D eigenvalue weighted by atomic mass is 10.0. The van der Waals surface area contributed by atoms with Gasteiger partial charge in [-0.2, -0.15) is 0 Å². The Bertz CT molecular complexity index is 398. The Morgan fingerprint density at radius 3 is 2.33 bits per heavy atom. The number of carbonyl (C=O) groups excluding carboxylic acids is 1. The monoisotopic (exact) mass is 251 g/mol. The summed E-state index contributed by atoms with van der Waals surface area (Å²) in [5.74, 6) is 0.572. The molecule has 0 fully saturated rings. The Hall–Kier alpha value is -1.65. The highest BCUT2D eigenvalue weighted by atomic mass is 16.5. The van der Waals surface area contributed by atoms with Crippen molar-refractivity contribution in [1.29, 1.82) is 0 Å². The molecule has 5 nitrogen and oxygen atoms in total. The van der Waals surface area contributed by atoms with Crippen LogP contribution in [0.2, 0.25) is 0 Å². The third-order valence-corrected chi connectivity index (χ3v) is 2.48. The number of nitrogens with zero attached hydrogens (tertiary/aromatic N) is 2. The molecule has 0 saturated heterocycles. The van der Waals surface area contributed by atoms with Gasteiger partial charge in [-0.1, -0.05) is 13.8 Å². The maximum atomic E-state index is 11.7. The van der Waals surface area contributed by atoms with E-state index in [1.165, 1.54) is 7.11 Å². The SMILES string of the molecule is COC(=O)C(CC(C)C)Nc1nc(C)cc(C)n1. The van der Waals surface area contributed by atoms with E-state index in [1.807, 2.05) is 19.9 Å². The van der Waals surface area contributed by atoms with Crippen LogP contribution < -0.4 is 5.32 Å². The van der Waals surface area contributed by atoms with Crippen LogP contribution in [0.3, 0.4) is 0 Å². The molecule has 0 amide bonds. The van der Waals surface area contributed by atoms with Crippen LogP contribution in [0.1, 0.15) is 31.7 Å². The molecule has 0 radical (unpaired) electrons. The highest BCUT2D eigenvalue weighted by Crippen LogP contribution is 2.12. The average molecular weight is 251 g/mol. The molecule has 0 spiro atoms. The summed E-state index contributed by atoms with van der Waals surface area (Å²) in [5.41, 5.74) is 1.75. The number of aryl methyl sites for hydroxylation is 2. The van der Waals surface area contributed by atoms with Crippen LogP contribution in [0.15, 0.2) is 6.07 Å². The van der Waals surface area contributed by atoms with Gasteiger partial charge in [-0.3, -0.25) is 0 Å². The zero-order chi connectivity index (χ0) is 13.7. The van der Waals surface area contributed by atoms with E-state index >= 15 is 0 Å². The van der Waals surface area contributed by atoms with E-state index in [2.05, 4.69) is 29.1 Å². The summed E-state index contributed by atoms with van der Waals surface area (Å²) in [4.78, 5) is 20.2. The van der Waals surface area contributed by atoms with Gasteiger partial charge in [-0.05, 0) is 32.3 Å². The molecule has 100 valence electrons. The predicted molar refractivity (Wildman–Crippen MR) is 70.4 cm³/mol. The fraction of sp³-hybridized carbons (Fsp3) is 0.615. The molecule has 0 aliphatic carbocycles. The van der Waals surface area contributed by atoms with Crippen molar-refractivity contribution in [3.63, 3.8) is 0 Å². The number of methoxy groups -OCH3 is 1. The summed E-state index contributed by atoms with van der Waals surface area (Å²) in [7, 11) is 1.39. The minimum Gasteiger partial charge on any atom is -0.467 e. The average Bonchev–Trinajstić information content (AvgIpc) is 2.25. The van der Waals surface area contributed by atoms with Gasteiger partial charge in [0.25, 0.3) is 0 Å². The van der Waals surface area contributed by atoms with Gasteiger partial charge in [0.2, 0.25) is 5.95 Å². The Morgan fingerprint density at radius 2 is 1.89 bits per heavy atom. The Balaban J connectivity index is 2.84. The van der Waals surface area contributed by atoms with Crippen LogP contribution in [0.4, 0.5) is 5.95 Å². The molecule has 0 aromatic carbocycles. The molecule has 1 atom stereocenters. The Morgan fingerprint density at radius 1 is 1.33 bits per heavy atom. The standard InChI is InChI=1S/C13H21N3O2/c1-8(2)6-11(12(17)18-5)16-13-14-9(3)7-10(4)15-13/h7-8,11H,6H2,1-5H3,(H,14,15,16). The largest absolute Gasteiger partial charge is 0.467 e. The minimum atomic E-state index is -0.406. The number of carbonyl (C=O) groups is 1. The number of hydrogen-bond donors (Lipinski definition) is 1. The zero-order valence-electron chi connectivity index (χ0n) is 11.7. The molecular weight excluding hydrogens is 230 g/mol. The van der Waals surface area contributed by atoms with Crippen molar-refractivity contribution < 1.29 is 9.53 Å². The van der Waals surface area contributed by atoms with Gasteiger partial charge in [0.1, 0.15) is 6.04 Å². The molecule has 0 aliphatic rings.